The summed E-state index contributed by atoms with van der Waals surface area (Å²) in [5.41, 5.74) is 0.935. The van der Waals surface area contributed by atoms with E-state index in [0.29, 0.717) is 30.2 Å². The molecule has 1 aliphatic rings. The molecule has 26 heavy (non-hydrogen) atoms. The normalized spacial score (nSPS) is 17.8. The molecule has 8 heteroatoms. The van der Waals surface area contributed by atoms with Crippen molar-refractivity contribution in [1.82, 2.24) is 19.8 Å². The summed E-state index contributed by atoms with van der Waals surface area (Å²) in [7, 11) is 0. The van der Waals surface area contributed by atoms with Crippen LogP contribution in [0, 0.1) is 5.82 Å². The van der Waals surface area contributed by atoms with Gasteiger partial charge in [0.2, 0.25) is 0 Å². The Morgan fingerprint density at radius 2 is 2.08 bits per heavy atom. The third kappa shape index (κ3) is 3.25. The van der Waals surface area contributed by atoms with E-state index in [-0.39, 0.29) is 18.5 Å². The Balaban J connectivity index is 1.65. The smallest absolute Gasteiger partial charge is 0.188 e. The van der Waals surface area contributed by atoms with Crippen LogP contribution in [0.25, 0.3) is 17.0 Å². The molecule has 2 aromatic heterocycles. The van der Waals surface area contributed by atoms with Crippen molar-refractivity contribution in [3.05, 3.63) is 42.2 Å². The molecule has 1 aromatic carbocycles. The molecule has 0 radical (unpaired) electrons. The molecular formula is C18H20FN5O2. The van der Waals surface area contributed by atoms with Crippen molar-refractivity contribution >= 4 is 11.5 Å². The first-order valence-corrected chi connectivity index (χ1v) is 8.71. The van der Waals surface area contributed by atoms with Gasteiger partial charge in [0.15, 0.2) is 11.5 Å². The Morgan fingerprint density at radius 1 is 1.19 bits per heavy atom. The number of hydrogen-bond donors (Lipinski definition) is 1. The van der Waals surface area contributed by atoms with E-state index < -0.39 is 0 Å². The van der Waals surface area contributed by atoms with E-state index in [1.165, 1.54) is 6.07 Å². The lowest BCUT2D eigenvalue weighted by atomic mass is 10.1. The van der Waals surface area contributed by atoms with Crippen LogP contribution in [-0.4, -0.2) is 57.3 Å². The van der Waals surface area contributed by atoms with Crippen LogP contribution in [0.5, 0.6) is 0 Å². The van der Waals surface area contributed by atoms with E-state index in [1.54, 1.807) is 22.7 Å². The van der Waals surface area contributed by atoms with Gasteiger partial charge in [0.25, 0.3) is 0 Å². The molecule has 1 saturated heterocycles. The van der Waals surface area contributed by atoms with Crippen molar-refractivity contribution in [1.29, 1.82) is 0 Å². The zero-order valence-corrected chi connectivity index (χ0v) is 14.3. The first kappa shape index (κ1) is 16.9. The van der Waals surface area contributed by atoms with Gasteiger partial charge in [-0.15, -0.1) is 15.3 Å². The van der Waals surface area contributed by atoms with Crippen LogP contribution in [-0.2, 0) is 4.74 Å². The molecular weight excluding hydrogens is 337 g/mol. The zero-order valence-electron chi connectivity index (χ0n) is 14.3. The maximum atomic E-state index is 14.1. The predicted octanol–water partition coefficient (Wildman–Crippen LogP) is 1.91. The number of aromatic nitrogens is 4. The molecule has 1 unspecified atom stereocenters. The second kappa shape index (κ2) is 7.35. The Labute approximate surface area is 150 Å². The number of ether oxygens (including phenoxy) is 1. The van der Waals surface area contributed by atoms with Crippen LogP contribution in [0.4, 0.5) is 10.2 Å². The Hall–Kier alpha value is -2.58. The average Bonchev–Trinajstić information content (AvgIpc) is 3.10. The number of benzene rings is 1. The highest BCUT2D eigenvalue weighted by molar-refractivity contribution is 5.60. The summed E-state index contributed by atoms with van der Waals surface area (Å²) in [6.07, 6.45) is 2.02. The van der Waals surface area contributed by atoms with Gasteiger partial charge in [-0.1, -0.05) is 12.1 Å². The number of anilines is 1. The Morgan fingerprint density at radius 3 is 2.92 bits per heavy atom. The minimum atomic E-state index is -0.357. The molecule has 0 bridgehead atoms. The van der Waals surface area contributed by atoms with Gasteiger partial charge in [0, 0.05) is 13.1 Å². The van der Waals surface area contributed by atoms with Crippen LogP contribution >= 0.6 is 0 Å². The molecule has 4 rings (SSSR count). The quantitative estimate of drug-likeness (QED) is 0.752. The number of hydrogen-bond acceptors (Lipinski definition) is 6. The fraction of sp³-hybridized carbons (Fsp3) is 0.389. The first-order valence-electron chi connectivity index (χ1n) is 8.71. The molecule has 3 aromatic rings. The fourth-order valence-electron chi connectivity index (χ4n) is 3.26. The van der Waals surface area contributed by atoms with Gasteiger partial charge >= 0.3 is 0 Å². The van der Waals surface area contributed by atoms with E-state index in [1.807, 2.05) is 12.1 Å². The topological polar surface area (TPSA) is 75.8 Å². The monoisotopic (exact) mass is 357 g/mol. The SMILES string of the molecule is OCCOC1CCCN(c2ccc3nnc(-c4ccccc4F)n3n2)C1. The van der Waals surface area contributed by atoms with Crippen LogP contribution in [0.3, 0.4) is 0 Å². The predicted molar refractivity (Wildman–Crippen MR) is 94.4 cm³/mol. The molecule has 1 N–H and O–H groups in total. The average molecular weight is 357 g/mol. The van der Waals surface area contributed by atoms with Gasteiger partial charge in [-0.2, -0.15) is 4.52 Å². The number of nitrogens with zero attached hydrogens (tertiary/aromatic N) is 5. The van der Waals surface area contributed by atoms with Gasteiger partial charge in [0.1, 0.15) is 11.6 Å². The van der Waals surface area contributed by atoms with Crippen LogP contribution in [0.2, 0.25) is 0 Å². The third-order valence-corrected chi connectivity index (χ3v) is 4.51. The van der Waals surface area contributed by atoms with Gasteiger partial charge in [-0.3, -0.25) is 0 Å². The summed E-state index contributed by atoms with van der Waals surface area (Å²) in [5, 5.41) is 21.8. The molecule has 0 saturated carbocycles. The van der Waals surface area contributed by atoms with Crippen LogP contribution in [0.15, 0.2) is 36.4 Å². The number of aliphatic hydroxyl groups is 1. The maximum Gasteiger partial charge on any atom is 0.188 e. The lowest BCUT2D eigenvalue weighted by Crippen LogP contribution is -2.40. The van der Waals surface area contributed by atoms with Gasteiger partial charge in [0.05, 0.1) is 24.9 Å². The molecule has 3 heterocycles. The third-order valence-electron chi connectivity index (χ3n) is 4.51. The number of piperidine rings is 1. The lowest BCUT2D eigenvalue weighted by Gasteiger charge is -2.33. The highest BCUT2D eigenvalue weighted by atomic mass is 19.1. The number of halogens is 1. The van der Waals surface area contributed by atoms with Crippen molar-refractivity contribution < 1.29 is 14.2 Å². The Bertz CT molecular complexity index is 900. The van der Waals surface area contributed by atoms with Crippen molar-refractivity contribution in [2.45, 2.75) is 18.9 Å². The molecule has 0 spiro atoms. The zero-order chi connectivity index (χ0) is 17.9. The summed E-state index contributed by atoms with van der Waals surface area (Å²) in [5.74, 6) is 0.793. The van der Waals surface area contributed by atoms with Crippen LogP contribution in [0.1, 0.15) is 12.8 Å². The van der Waals surface area contributed by atoms with Gasteiger partial charge < -0.3 is 14.7 Å². The summed E-state index contributed by atoms with van der Waals surface area (Å²) in [6.45, 7) is 1.94. The second-order valence-corrected chi connectivity index (χ2v) is 6.27. The summed E-state index contributed by atoms with van der Waals surface area (Å²) >= 11 is 0. The first-order chi connectivity index (χ1) is 12.8. The number of aliphatic hydroxyl groups excluding tert-OH is 1. The highest BCUT2D eigenvalue weighted by Gasteiger charge is 2.22. The molecule has 1 fully saturated rings. The Kier molecular flexibility index (Phi) is 4.77. The highest BCUT2D eigenvalue weighted by Crippen LogP contribution is 2.24. The largest absolute Gasteiger partial charge is 0.394 e. The van der Waals surface area contributed by atoms with Gasteiger partial charge in [-0.05, 0) is 37.1 Å². The summed E-state index contributed by atoms with van der Waals surface area (Å²) < 4.78 is 21.4. The van der Waals surface area contributed by atoms with E-state index in [4.69, 9.17) is 9.84 Å². The van der Waals surface area contributed by atoms with Crippen molar-refractivity contribution in [3.63, 3.8) is 0 Å². The second-order valence-electron chi connectivity index (χ2n) is 6.27. The summed E-state index contributed by atoms with van der Waals surface area (Å²) in [4.78, 5) is 2.14. The minimum Gasteiger partial charge on any atom is -0.394 e. The van der Waals surface area contributed by atoms with E-state index in [9.17, 15) is 4.39 Å². The minimum absolute atomic E-state index is 0.0212. The van der Waals surface area contributed by atoms with E-state index in [0.717, 1.165) is 25.2 Å². The maximum absolute atomic E-state index is 14.1. The van der Waals surface area contributed by atoms with Crippen LogP contribution < -0.4 is 4.90 Å². The van der Waals surface area contributed by atoms with Crippen molar-refractivity contribution in [2.75, 3.05) is 31.2 Å². The molecule has 1 aliphatic heterocycles. The molecule has 7 nitrogen and oxygen atoms in total. The van der Waals surface area contributed by atoms with Gasteiger partial charge in [-0.25, -0.2) is 4.39 Å². The summed E-state index contributed by atoms with van der Waals surface area (Å²) in [6, 6.07) is 10.2. The molecule has 0 amide bonds. The van der Waals surface area contributed by atoms with Crippen molar-refractivity contribution in [3.8, 4) is 11.4 Å². The molecule has 136 valence electrons. The van der Waals surface area contributed by atoms with E-state index >= 15 is 0 Å². The standard InChI is InChI=1S/C18H20FN5O2/c19-15-6-2-1-5-14(15)18-21-20-16-7-8-17(22-24(16)18)23-9-3-4-13(12-23)26-11-10-25/h1-2,5-8,13,25H,3-4,9-12H2. The van der Waals surface area contributed by atoms with E-state index in [2.05, 4.69) is 20.2 Å². The number of rotatable bonds is 5. The van der Waals surface area contributed by atoms with Crippen molar-refractivity contribution in [2.24, 2.45) is 0 Å². The molecule has 0 aliphatic carbocycles. The lowest BCUT2D eigenvalue weighted by molar-refractivity contribution is 0.0213. The fourth-order valence-corrected chi connectivity index (χ4v) is 3.26. The number of fused-ring (bicyclic) bond motifs is 1. The molecule has 1 atom stereocenters.